The molecule has 3 rings (SSSR count). The van der Waals surface area contributed by atoms with Crippen LogP contribution in [-0.2, 0) is 6.42 Å². The van der Waals surface area contributed by atoms with Gasteiger partial charge in [-0.2, -0.15) is 0 Å². The summed E-state index contributed by atoms with van der Waals surface area (Å²) in [5.41, 5.74) is 3.32. The van der Waals surface area contributed by atoms with Gasteiger partial charge in [0.2, 0.25) is 0 Å². The van der Waals surface area contributed by atoms with E-state index in [0.717, 1.165) is 28.5 Å². The Kier molecular flexibility index (Phi) is 3.11. The first-order valence-corrected chi connectivity index (χ1v) is 6.86. The van der Waals surface area contributed by atoms with Crippen molar-refractivity contribution >= 4 is 34.7 Å². The van der Waals surface area contributed by atoms with Crippen molar-refractivity contribution in [1.29, 1.82) is 0 Å². The Hall–Kier alpha value is -1.32. The first kappa shape index (κ1) is 12.7. The number of hydrogen-bond acceptors (Lipinski definition) is 3. The van der Waals surface area contributed by atoms with E-state index >= 15 is 0 Å². The lowest BCUT2D eigenvalue weighted by Gasteiger charge is -2.21. The molecule has 0 N–H and O–H groups in total. The van der Waals surface area contributed by atoms with Gasteiger partial charge in [0.1, 0.15) is 17.3 Å². The van der Waals surface area contributed by atoms with Gasteiger partial charge in [-0.25, -0.2) is 9.97 Å². The molecule has 1 aliphatic rings. The van der Waals surface area contributed by atoms with E-state index in [9.17, 15) is 0 Å². The maximum Gasteiger partial charge on any atom is 0.140 e. The minimum absolute atomic E-state index is 0.320. The van der Waals surface area contributed by atoms with Crippen LogP contribution in [-0.4, -0.2) is 17.0 Å². The molecule has 1 unspecified atom stereocenters. The molecular formula is C14H13Cl2N3. The highest BCUT2D eigenvalue weighted by molar-refractivity contribution is 6.31. The Labute approximate surface area is 122 Å². The molecule has 1 aliphatic heterocycles. The fraction of sp³-hybridized carbons (Fsp3) is 0.286. The molecular weight excluding hydrogens is 281 g/mol. The second-order valence-electron chi connectivity index (χ2n) is 4.83. The molecule has 2 aromatic rings. The van der Waals surface area contributed by atoms with Crippen molar-refractivity contribution in [3.63, 3.8) is 0 Å². The van der Waals surface area contributed by atoms with Crippen molar-refractivity contribution in [2.75, 3.05) is 11.9 Å². The van der Waals surface area contributed by atoms with Crippen molar-refractivity contribution in [3.05, 3.63) is 45.8 Å². The zero-order valence-corrected chi connectivity index (χ0v) is 12.2. The summed E-state index contributed by atoms with van der Waals surface area (Å²) >= 11 is 12.3. The maximum absolute atomic E-state index is 6.22. The minimum Gasteiger partial charge on any atom is -0.329 e. The summed E-state index contributed by atoms with van der Waals surface area (Å²) in [5.74, 6) is 1.19. The molecule has 0 aliphatic carbocycles. The van der Waals surface area contributed by atoms with E-state index in [1.54, 1.807) is 0 Å². The van der Waals surface area contributed by atoms with Crippen molar-refractivity contribution in [3.8, 4) is 0 Å². The number of anilines is 2. The first-order chi connectivity index (χ1) is 9.08. The van der Waals surface area contributed by atoms with Crippen LogP contribution in [0.5, 0.6) is 0 Å². The van der Waals surface area contributed by atoms with Gasteiger partial charge in [0.25, 0.3) is 0 Å². The summed E-state index contributed by atoms with van der Waals surface area (Å²) in [6.45, 7) is 2.17. The summed E-state index contributed by atoms with van der Waals surface area (Å²) < 4.78 is 0. The molecule has 1 aromatic carbocycles. The van der Waals surface area contributed by atoms with E-state index in [4.69, 9.17) is 23.2 Å². The Morgan fingerprint density at radius 1 is 1.26 bits per heavy atom. The fourth-order valence-corrected chi connectivity index (χ4v) is 2.99. The molecule has 5 heteroatoms. The number of aromatic nitrogens is 2. The number of fused-ring (bicyclic) bond motifs is 2. The molecule has 0 saturated heterocycles. The molecule has 0 saturated carbocycles. The van der Waals surface area contributed by atoms with Crippen LogP contribution in [0.15, 0.2) is 24.5 Å². The average Bonchev–Trinajstić information content (AvgIpc) is 2.49. The van der Waals surface area contributed by atoms with Crippen LogP contribution in [0.4, 0.5) is 11.5 Å². The average molecular weight is 294 g/mol. The lowest BCUT2D eigenvalue weighted by Crippen LogP contribution is -2.13. The highest BCUT2D eigenvalue weighted by Gasteiger charge is 2.25. The quantitative estimate of drug-likeness (QED) is 0.681. The maximum atomic E-state index is 6.22. The Bertz CT molecular complexity index is 643. The van der Waals surface area contributed by atoms with Crippen LogP contribution >= 0.6 is 23.2 Å². The van der Waals surface area contributed by atoms with Crippen LogP contribution < -0.4 is 4.90 Å². The zero-order valence-electron chi connectivity index (χ0n) is 10.7. The molecule has 0 amide bonds. The Balaban J connectivity index is 2.24. The molecule has 0 bridgehead atoms. The second-order valence-corrected chi connectivity index (χ2v) is 5.63. The van der Waals surface area contributed by atoms with Crippen LogP contribution in [0.2, 0.25) is 10.2 Å². The molecule has 1 aromatic heterocycles. The van der Waals surface area contributed by atoms with Gasteiger partial charge in [-0.05, 0) is 36.1 Å². The number of halogens is 2. The number of benzene rings is 1. The lowest BCUT2D eigenvalue weighted by atomic mass is 9.95. The molecule has 2 heterocycles. The molecule has 3 nitrogen and oxygen atoms in total. The number of rotatable bonds is 0. The highest BCUT2D eigenvalue weighted by Crippen LogP contribution is 2.41. The molecule has 0 radical (unpaired) electrons. The third-order valence-corrected chi connectivity index (χ3v) is 4.14. The summed E-state index contributed by atoms with van der Waals surface area (Å²) in [6.07, 6.45) is 2.32. The van der Waals surface area contributed by atoms with Crippen LogP contribution in [0, 0.1) is 0 Å². The minimum atomic E-state index is 0.320. The fourth-order valence-electron chi connectivity index (χ4n) is 2.60. The van der Waals surface area contributed by atoms with Crippen molar-refractivity contribution in [1.82, 2.24) is 9.97 Å². The van der Waals surface area contributed by atoms with E-state index in [1.807, 2.05) is 25.2 Å². The lowest BCUT2D eigenvalue weighted by molar-refractivity contribution is 0.764. The Morgan fingerprint density at radius 2 is 2.05 bits per heavy atom. The van der Waals surface area contributed by atoms with E-state index in [-0.39, 0.29) is 0 Å². The van der Waals surface area contributed by atoms with Crippen LogP contribution in [0.1, 0.15) is 24.0 Å². The molecule has 0 fully saturated rings. The van der Waals surface area contributed by atoms with E-state index in [1.165, 1.54) is 11.9 Å². The Morgan fingerprint density at radius 3 is 2.84 bits per heavy atom. The summed E-state index contributed by atoms with van der Waals surface area (Å²) in [7, 11) is 1.99. The van der Waals surface area contributed by atoms with E-state index < -0.39 is 0 Å². The number of nitrogens with zero attached hydrogens (tertiary/aromatic N) is 3. The van der Waals surface area contributed by atoms with Gasteiger partial charge in [-0.15, -0.1) is 0 Å². The molecule has 98 valence electrons. The van der Waals surface area contributed by atoms with E-state index in [0.29, 0.717) is 11.1 Å². The SMILES string of the molecule is CC1Cc2c(Cl)ncnc2N(C)c2ccc(Cl)cc21. The third-order valence-electron chi connectivity index (χ3n) is 3.58. The van der Waals surface area contributed by atoms with Crippen molar-refractivity contribution < 1.29 is 0 Å². The van der Waals surface area contributed by atoms with Gasteiger partial charge in [0.05, 0.1) is 0 Å². The van der Waals surface area contributed by atoms with Gasteiger partial charge in [0, 0.05) is 23.3 Å². The predicted molar refractivity (Wildman–Crippen MR) is 78.7 cm³/mol. The molecule has 19 heavy (non-hydrogen) atoms. The van der Waals surface area contributed by atoms with Crippen molar-refractivity contribution in [2.45, 2.75) is 19.3 Å². The predicted octanol–water partition coefficient (Wildman–Crippen LogP) is 4.21. The second kappa shape index (κ2) is 4.66. The summed E-state index contributed by atoms with van der Waals surface area (Å²) in [5, 5.41) is 1.28. The largest absolute Gasteiger partial charge is 0.329 e. The standard InChI is InChI=1S/C14H13Cl2N3/c1-8-5-11-13(16)17-7-18-14(11)19(2)12-4-3-9(15)6-10(8)12/h3-4,6-8H,5H2,1-2H3. The molecule has 0 spiro atoms. The van der Waals surface area contributed by atoms with Gasteiger partial charge < -0.3 is 4.90 Å². The van der Waals surface area contributed by atoms with Crippen LogP contribution in [0.3, 0.4) is 0 Å². The monoisotopic (exact) mass is 293 g/mol. The van der Waals surface area contributed by atoms with Gasteiger partial charge >= 0.3 is 0 Å². The van der Waals surface area contributed by atoms with Gasteiger partial charge in [0.15, 0.2) is 0 Å². The zero-order chi connectivity index (χ0) is 13.6. The molecule has 1 atom stereocenters. The first-order valence-electron chi connectivity index (χ1n) is 6.10. The van der Waals surface area contributed by atoms with Gasteiger partial charge in [-0.3, -0.25) is 0 Å². The topological polar surface area (TPSA) is 29.0 Å². The highest BCUT2D eigenvalue weighted by atomic mass is 35.5. The summed E-state index contributed by atoms with van der Waals surface area (Å²) in [6, 6.07) is 5.95. The van der Waals surface area contributed by atoms with E-state index in [2.05, 4.69) is 21.8 Å². The summed E-state index contributed by atoms with van der Waals surface area (Å²) in [4.78, 5) is 10.5. The normalized spacial score (nSPS) is 17.7. The van der Waals surface area contributed by atoms with Crippen LogP contribution in [0.25, 0.3) is 0 Å². The number of hydrogen-bond donors (Lipinski definition) is 0. The third kappa shape index (κ3) is 2.07. The smallest absolute Gasteiger partial charge is 0.140 e. The van der Waals surface area contributed by atoms with Gasteiger partial charge in [-0.1, -0.05) is 30.1 Å². The van der Waals surface area contributed by atoms with Crippen molar-refractivity contribution in [2.24, 2.45) is 0 Å².